The molecule has 12 heavy (non-hydrogen) atoms. The molecule has 0 rings (SSSR count). The van der Waals surface area contributed by atoms with Crippen molar-refractivity contribution < 1.29 is 0 Å². The van der Waals surface area contributed by atoms with E-state index >= 15 is 0 Å². The summed E-state index contributed by atoms with van der Waals surface area (Å²) in [6.07, 6.45) is 3.22. The summed E-state index contributed by atoms with van der Waals surface area (Å²) in [5, 5.41) is 23.9. The van der Waals surface area contributed by atoms with Gasteiger partial charge in [-0.3, -0.25) is 0 Å². The number of hydrogen-bond donors (Lipinski definition) is 0. The maximum Gasteiger partial charge on any atom is 0.242 e. The van der Waals surface area contributed by atoms with E-state index in [1.807, 2.05) is 0 Å². The summed E-state index contributed by atoms with van der Waals surface area (Å²) in [4.78, 5) is 0. The maximum absolute atomic E-state index is 8.30. The molecular formula is C8H12N4. The minimum absolute atomic E-state index is 0.619. The largest absolute Gasteiger partial charge is 0.242 e. The molecule has 0 unspecified atom stereocenters. The third-order valence-corrected chi connectivity index (χ3v) is 1.30. The zero-order valence-corrected chi connectivity index (χ0v) is 7.19. The molecule has 0 aromatic carbocycles. The number of nitrogens with zero attached hydrogens (tertiary/aromatic N) is 4. The third kappa shape index (κ3) is 5.37. The van der Waals surface area contributed by atoms with Crippen LogP contribution in [0.3, 0.4) is 0 Å². The van der Waals surface area contributed by atoms with Gasteiger partial charge in [0.2, 0.25) is 6.04 Å². The fourth-order valence-corrected chi connectivity index (χ4v) is 0.652. The van der Waals surface area contributed by atoms with Crippen LogP contribution < -0.4 is 0 Å². The first kappa shape index (κ1) is 10.6. The van der Waals surface area contributed by atoms with Crippen molar-refractivity contribution in [3.8, 4) is 12.1 Å². The van der Waals surface area contributed by atoms with Crippen LogP contribution in [0.15, 0.2) is 10.2 Å². The van der Waals surface area contributed by atoms with Crippen LogP contribution in [0.5, 0.6) is 0 Å². The van der Waals surface area contributed by atoms with Crippen molar-refractivity contribution in [3.63, 3.8) is 0 Å². The second-order valence-electron chi connectivity index (χ2n) is 2.35. The Morgan fingerprint density at radius 2 is 1.92 bits per heavy atom. The molecule has 0 aliphatic heterocycles. The van der Waals surface area contributed by atoms with Crippen LogP contribution in [-0.4, -0.2) is 12.6 Å². The van der Waals surface area contributed by atoms with Gasteiger partial charge in [-0.1, -0.05) is 19.8 Å². The highest BCUT2D eigenvalue weighted by Crippen LogP contribution is 1.95. The van der Waals surface area contributed by atoms with Gasteiger partial charge in [0.25, 0.3) is 0 Å². The lowest BCUT2D eigenvalue weighted by Gasteiger charge is -1.91. The van der Waals surface area contributed by atoms with E-state index in [0.717, 1.165) is 19.3 Å². The van der Waals surface area contributed by atoms with E-state index in [9.17, 15) is 0 Å². The van der Waals surface area contributed by atoms with Gasteiger partial charge in [-0.25, -0.2) is 0 Å². The molecule has 0 N–H and O–H groups in total. The average Bonchev–Trinajstić information content (AvgIpc) is 2.11. The highest BCUT2D eigenvalue weighted by atomic mass is 15.1. The molecule has 0 aliphatic rings. The van der Waals surface area contributed by atoms with Crippen molar-refractivity contribution in [2.45, 2.75) is 32.2 Å². The summed E-state index contributed by atoms with van der Waals surface area (Å²) in [6.45, 7) is 2.72. The van der Waals surface area contributed by atoms with Gasteiger partial charge in [-0.2, -0.15) is 20.8 Å². The van der Waals surface area contributed by atoms with Crippen LogP contribution in [-0.2, 0) is 0 Å². The van der Waals surface area contributed by atoms with E-state index in [0.29, 0.717) is 6.54 Å². The van der Waals surface area contributed by atoms with Gasteiger partial charge < -0.3 is 0 Å². The minimum Gasteiger partial charge on any atom is -0.195 e. The molecule has 0 bridgehead atoms. The number of hydrogen-bond acceptors (Lipinski definition) is 4. The highest BCUT2D eigenvalue weighted by Gasteiger charge is 1.98. The minimum atomic E-state index is -0.924. The summed E-state index contributed by atoms with van der Waals surface area (Å²) in [6, 6.07) is 2.52. The Morgan fingerprint density at radius 1 is 1.25 bits per heavy atom. The molecular weight excluding hydrogens is 152 g/mol. The Labute approximate surface area is 72.5 Å². The van der Waals surface area contributed by atoms with E-state index in [1.54, 1.807) is 12.1 Å². The molecule has 0 fully saturated rings. The molecule has 0 aromatic rings. The van der Waals surface area contributed by atoms with Crippen molar-refractivity contribution in [2.24, 2.45) is 10.2 Å². The van der Waals surface area contributed by atoms with Crippen LogP contribution >= 0.6 is 0 Å². The topological polar surface area (TPSA) is 72.3 Å². The van der Waals surface area contributed by atoms with Crippen LogP contribution in [0.4, 0.5) is 0 Å². The van der Waals surface area contributed by atoms with Gasteiger partial charge in [-0.05, 0) is 6.42 Å². The second kappa shape index (κ2) is 7.68. The molecule has 4 heteroatoms. The maximum atomic E-state index is 8.30. The summed E-state index contributed by atoms with van der Waals surface area (Å²) in [5.74, 6) is 0. The fraction of sp³-hybridized carbons (Fsp3) is 0.750. The van der Waals surface area contributed by atoms with E-state index in [1.165, 1.54) is 0 Å². The molecule has 4 nitrogen and oxygen atoms in total. The first-order valence-electron chi connectivity index (χ1n) is 4.01. The molecule has 0 amide bonds. The van der Waals surface area contributed by atoms with Gasteiger partial charge in [0.1, 0.15) is 12.1 Å². The Morgan fingerprint density at radius 3 is 2.42 bits per heavy atom. The quantitative estimate of drug-likeness (QED) is 0.460. The smallest absolute Gasteiger partial charge is 0.195 e. The zero-order valence-electron chi connectivity index (χ0n) is 7.19. The zero-order chi connectivity index (χ0) is 9.23. The Kier molecular flexibility index (Phi) is 6.78. The lowest BCUT2D eigenvalue weighted by Crippen LogP contribution is -1.93. The standard InChI is InChI=1S/C8H12N4/c1-2-3-4-5-11-12-8(6-9)7-10/h8H,2-5H2,1H3/b12-11+. The molecule has 0 aliphatic carbocycles. The van der Waals surface area contributed by atoms with Gasteiger partial charge >= 0.3 is 0 Å². The SMILES string of the molecule is CCCCC/N=N/C(C#N)C#N. The number of nitriles is 2. The van der Waals surface area contributed by atoms with E-state index in [-0.39, 0.29) is 0 Å². The van der Waals surface area contributed by atoms with Crippen LogP contribution in [0.1, 0.15) is 26.2 Å². The molecule has 0 aromatic heterocycles. The highest BCUT2D eigenvalue weighted by molar-refractivity contribution is 5.05. The van der Waals surface area contributed by atoms with Gasteiger partial charge in [0.05, 0.1) is 6.54 Å². The van der Waals surface area contributed by atoms with Crippen LogP contribution in [0.2, 0.25) is 0 Å². The van der Waals surface area contributed by atoms with Crippen molar-refractivity contribution in [2.75, 3.05) is 6.54 Å². The van der Waals surface area contributed by atoms with Crippen molar-refractivity contribution >= 4 is 0 Å². The Bertz CT molecular complexity index is 194. The van der Waals surface area contributed by atoms with Gasteiger partial charge in [0, 0.05) is 0 Å². The first-order chi connectivity index (χ1) is 5.85. The molecule has 0 saturated carbocycles. The van der Waals surface area contributed by atoms with Crippen molar-refractivity contribution in [3.05, 3.63) is 0 Å². The van der Waals surface area contributed by atoms with Gasteiger partial charge in [-0.15, -0.1) is 0 Å². The molecule has 0 radical (unpaired) electrons. The molecule has 0 spiro atoms. The van der Waals surface area contributed by atoms with Crippen molar-refractivity contribution in [1.29, 1.82) is 10.5 Å². The van der Waals surface area contributed by atoms with Gasteiger partial charge in [0.15, 0.2) is 0 Å². The van der Waals surface area contributed by atoms with Crippen LogP contribution in [0.25, 0.3) is 0 Å². The number of rotatable bonds is 5. The lowest BCUT2D eigenvalue weighted by atomic mass is 10.3. The Balaban J connectivity index is 3.50. The predicted molar refractivity (Wildman–Crippen MR) is 44.3 cm³/mol. The fourth-order valence-electron chi connectivity index (χ4n) is 0.652. The monoisotopic (exact) mass is 164 g/mol. The molecule has 0 saturated heterocycles. The Hall–Kier alpha value is -1.42. The predicted octanol–water partition coefficient (Wildman–Crippen LogP) is 2.04. The van der Waals surface area contributed by atoms with E-state index in [2.05, 4.69) is 17.2 Å². The summed E-state index contributed by atoms with van der Waals surface area (Å²) in [7, 11) is 0. The molecule has 0 heterocycles. The normalized spacial score (nSPS) is 10.0. The summed E-state index contributed by atoms with van der Waals surface area (Å²) in [5.41, 5.74) is 0. The van der Waals surface area contributed by atoms with Crippen molar-refractivity contribution in [1.82, 2.24) is 0 Å². The van der Waals surface area contributed by atoms with E-state index < -0.39 is 6.04 Å². The summed E-state index contributed by atoms with van der Waals surface area (Å²) < 4.78 is 0. The first-order valence-corrected chi connectivity index (χ1v) is 4.01. The van der Waals surface area contributed by atoms with Crippen LogP contribution in [0, 0.1) is 22.7 Å². The summed E-state index contributed by atoms with van der Waals surface area (Å²) >= 11 is 0. The molecule has 64 valence electrons. The lowest BCUT2D eigenvalue weighted by molar-refractivity contribution is 0.699. The van der Waals surface area contributed by atoms with E-state index in [4.69, 9.17) is 10.5 Å². The third-order valence-electron chi connectivity index (χ3n) is 1.30. The number of unbranched alkanes of at least 4 members (excludes halogenated alkanes) is 2. The number of azo groups is 1. The second-order valence-corrected chi connectivity index (χ2v) is 2.35. The average molecular weight is 164 g/mol. The molecule has 0 atom stereocenters.